The maximum Gasteiger partial charge on any atom is 0.321 e. The van der Waals surface area contributed by atoms with Gasteiger partial charge in [0.15, 0.2) is 0 Å². The molecule has 1 saturated carbocycles. The van der Waals surface area contributed by atoms with Crippen LogP contribution >= 0.6 is 11.6 Å². The first-order valence-corrected chi connectivity index (χ1v) is 4.94. The van der Waals surface area contributed by atoms with Crippen molar-refractivity contribution < 1.29 is 9.53 Å². The number of alkyl halides is 1. The van der Waals surface area contributed by atoms with Gasteiger partial charge in [-0.3, -0.25) is 4.79 Å². The molecule has 70 valence electrons. The lowest BCUT2D eigenvalue weighted by molar-refractivity contribution is -0.147. The van der Waals surface area contributed by atoms with Gasteiger partial charge in [-0.15, -0.1) is 11.6 Å². The highest BCUT2D eigenvalue weighted by molar-refractivity contribution is 6.26. The van der Waals surface area contributed by atoms with Gasteiger partial charge in [-0.25, -0.2) is 0 Å². The molecule has 0 saturated heterocycles. The molecular formula is C9H15ClO2. The second-order valence-electron chi connectivity index (χ2n) is 3.58. The normalized spacial score (nSPS) is 35.1. The standard InChI is InChI=1S/C9H15ClO2/c1-6-3-4-8(7(6)2)12-9(11)5-10/h6-8H,3-5H2,1-2H3/t6-,7+,8-/m1/s1. The number of carbonyl (C=O) groups is 1. The van der Waals surface area contributed by atoms with Crippen molar-refractivity contribution in [1.29, 1.82) is 0 Å². The molecule has 3 heteroatoms. The fraction of sp³-hybridized carbons (Fsp3) is 0.889. The molecule has 0 amide bonds. The van der Waals surface area contributed by atoms with Crippen LogP contribution in [0.3, 0.4) is 0 Å². The predicted molar refractivity (Wildman–Crippen MR) is 48.2 cm³/mol. The van der Waals surface area contributed by atoms with E-state index >= 15 is 0 Å². The van der Waals surface area contributed by atoms with Crippen molar-refractivity contribution >= 4 is 17.6 Å². The highest BCUT2D eigenvalue weighted by atomic mass is 35.5. The van der Waals surface area contributed by atoms with E-state index < -0.39 is 0 Å². The lowest BCUT2D eigenvalue weighted by atomic mass is 9.99. The molecule has 3 atom stereocenters. The number of hydrogen-bond acceptors (Lipinski definition) is 2. The summed E-state index contributed by atoms with van der Waals surface area (Å²) in [5.41, 5.74) is 0. The van der Waals surface area contributed by atoms with Crippen molar-refractivity contribution in [3.8, 4) is 0 Å². The van der Waals surface area contributed by atoms with Gasteiger partial charge in [0.2, 0.25) is 0 Å². The Balaban J connectivity index is 2.38. The summed E-state index contributed by atoms with van der Waals surface area (Å²) < 4.78 is 5.17. The van der Waals surface area contributed by atoms with Crippen molar-refractivity contribution in [2.45, 2.75) is 32.8 Å². The Hall–Kier alpha value is -0.240. The Labute approximate surface area is 78.2 Å². The van der Waals surface area contributed by atoms with Crippen molar-refractivity contribution in [3.63, 3.8) is 0 Å². The monoisotopic (exact) mass is 190 g/mol. The molecule has 0 aromatic carbocycles. The van der Waals surface area contributed by atoms with Gasteiger partial charge in [0.25, 0.3) is 0 Å². The highest BCUT2D eigenvalue weighted by Crippen LogP contribution is 2.33. The zero-order valence-corrected chi connectivity index (χ0v) is 8.30. The molecule has 0 radical (unpaired) electrons. The predicted octanol–water partition coefficient (Wildman–Crippen LogP) is 2.20. The molecule has 1 fully saturated rings. The molecule has 0 N–H and O–H groups in total. The number of esters is 1. The van der Waals surface area contributed by atoms with Gasteiger partial charge >= 0.3 is 5.97 Å². The number of rotatable bonds is 2. The third-order valence-corrected chi connectivity index (χ3v) is 3.00. The van der Waals surface area contributed by atoms with E-state index in [1.54, 1.807) is 0 Å². The van der Waals surface area contributed by atoms with E-state index in [4.69, 9.17) is 16.3 Å². The average molecular weight is 191 g/mol. The third-order valence-electron chi connectivity index (χ3n) is 2.78. The van der Waals surface area contributed by atoms with E-state index in [0.29, 0.717) is 11.8 Å². The van der Waals surface area contributed by atoms with Gasteiger partial charge in [-0.2, -0.15) is 0 Å². The summed E-state index contributed by atoms with van der Waals surface area (Å²) in [5, 5.41) is 0. The van der Waals surface area contributed by atoms with Crippen LogP contribution in [-0.2, 0) is 9.53 Å². The van der Waals surface area contributed by atoms with E-state index in [2.05, 4.69) is 13.8 Å². The molecule has 1 aliphatic carbocycles. The molecule has 12 heavy (non-hydrogen) atoms. The van der Waals surface area contributed by atoms with Crippen LogP contribution < -0.4 is 0 Å². The molecule has 1 rings (SSSR count). The van der Waals surface area contributed by atoms with Crippen LogP contribution in [0.15, 0.2) is 0 Å². The number of hydrogen-bond donors (Lipinski definition) is 0. The van der Waals surface area contributed by atoms with Crippen molar-refractivity contribution in [2.75, 3.05) is 5.88 Å². The summed E-state index contributed by atoms with van der Waals surface area (Å²) in [4.78, 5) is 10.9. The highest BCUT2D eigenvalue weighted by Gasteiger charge is 2.32. The van der Waals surface area contributed by atoms with Crippen LogP contribution in [0.4, 0.5) is 0 Å². The number of ether oxygens (including phenoxy) is 1. The first kappa shape index (κ1) is 9.85. The Morgan fingerprint density at radius 3 is 2.58 bits per heavy atom. The van der Waals surface area contributed by atoms with E-state index in [9.17, 15) is 4.79 Å². The molecule has 0 bridgehead atoms. The van der Waals surface area contributed by atoms with Crippen LogP contribution in [0.1, 0.15) is 26.7 Å². The van der Waals surface area contributed by atoms with Crippen molar-refractivity contribution in [1.82, 2.24) is 0 Å². The molecule has 0 aromatic heterocycles. The van der Waals surface area contributed by atoms with Gasteiger partial charge in [0, 0.05) is 0 Å². The summed E-state index contributed by atoms with van der Waals surface area (Å²) in [6, 6.07) is 0. The fourth-order valence-corrected chi connectivity index (χ4v) is 1.75. The molecule has 1 aliphatic rings. The van der Waals surface area contributed by atoms with Gasteiger partial charge in [-0.1, -0.05) is 13.8 Å². The summed E-state index contributed by atoms with van der Waals surface area (Å²) >= 11 is 5.34. The lowest BCUT2D eigenvalue weighted by Gasteiger charge is -2.17. The maximum atomic E-state index is 10.9. The molecule has 0 spiro atoms. The summed E-state index contributed by atoms with van der Waals surface area (Å²) in [6.45, 7) is 4.32. The van der Waals surface area contributed by atoms with Crippen LogP contribution in [-0.4, -0.2) is 18.0 Å². The largest absolute Gasteiger partial charge is 0.461 e. The van der Waals surface area contributed by atoms with E-state index in [1.165, 1.54) is 0 Å². The molecule has 0 aliphatic heterocycles. The van der Waals surface area contributed by atoms with Gasteiger partial charge < -0.3 is 4.74 Å². The van der Waals surface area contributed by atoms with Gasteiger partial charge in [0.05, 0.1) is 0 Å². The van der Waals surface area contributed by atoms with E-state index in [0.717, 1.165) is 12.8 Å². The quantitative estimate of drug-likeness (QED) is 0.493. The Morgan fingerprint density at radius 2 is 2.17 bits per heavy atom. The van der Waals surface area contributed by atoms with Crippen LogP contribution in [0.25, 0.3) is 0 Å². The average Bonchev–Trinajstić information content (AvgIpc) is 2.36. The topological polar surface area (TPSA) is 26.3 Å². The summed E-state index contributed by atoms with van der Waals surface area (Å²) in [7, 11) is 0. The zero-order chi connectivity index (χ0) is 9.14. The lowest BCUT2D eigenvalue weighted by Crippen LogP contribution is -2.22. The summed E-state index contributed by atoms with van der Waals surface area (Å²) in [6.07, 6.45) is 2.25. The minimum absolute atomic E-state index is 0.0302. The second-order valence-corrected chi connectivity index (χ2v) is 3.84. The van der Waals surface area contributed by atoms with Crippen LogP contribution in [0.5, 0.6) is 0 Å². The van der Waals surface area contributed by atoms with E-state index in [1.807, 2.05) is 0 Å². The smallest absolute Gasteiger partial charge is 0.321 e. The first-order chi connectivity index (χ1) is 5.65. The molecular weight excluding hydrogens is 176 g/mol. The van der Waals surface area contributed by atoms with Crippen LogP contribution in [0, 0.1) is 11.8 Å². The van der Waals surface area contributed by atoms with Gasteiger partial charge in [-0.05, 0) is 24.7 Å². The SMILES string of the molecule is C[C@H]1[C@H](C)CC[C@H]1OC(=O)CCl. The van der Waals surface area contributed by atoms with E-state index in [-0.39, 0.29) is 18.0 Å². The fourth-order valence-electron chi connectivity index (χ4n) is 1.69. The van der Waals surface area contributed by atoms with Crippen LogP contribution in [0.2, 0.25) is 0 Å². The van der Waals surface area contributed by atoms with Crippen molar-refractivity contribution in [2.24, 2.45) is 11.8 Å². The number of carbonyl (C=O) groups excluding carboxylic acids is 1. The molecule has 0 aromatic rings. The Morgan fingerprint density at radius 1 is 1.50 bits per heavy atom. The maximum absolute atomic E-state index is 10.9. The zero-order valence-electron chi connectivity index (χ0n) is 7.55. The van der Waals surface area contributed by atoms with Gasteiger partial charge in [0.1, 0.15) is 12.0 Å². The number of halogens is 1. The minimum atomic E-state index is -0.289. The second kappa shape index (κ2) is 4.13. The molecule has 0 unspecified atom stereocenters. The Kier molecular flexibility index (Phi) is 3.39. The first-order valence-electron chi connectivity index (χ1n) is 4.40. The summed E-state index contributed by atoms with van der Waals surface area (Å²) in [5.74, 6) is 0.829. The minimum Gasteiger partial charge on any atom is -0.461 e. The molecule has 2 nitrogen and oxygen atoms in total. The Bertz CT molecular complexity index is 170. The molecule has 0 heterocycles. The van der Waals surface area contributed by atoms with Crippen molar-refractivity contribution in [3.05, 3.63) is 0 Å². The third kappa shape index (κ3) is 2.13.